The van der Waals surface area contributed by atoms with Gasteiger partial charge in [0.05, 0.1) is 9.52 Å². The number of benzene rings is 2. The molecule has 1 heteroatoms. The molecular formula is C22H28Si. The van der Waals surface area contributed by atoms with Gasteiger partial charge in [0.2, 0.25) is 0 Å². The molecule has 0 heterocycles. The van der Waals surface area contributed by atoms with Gasteiger partial charge in [-0.2, -0.15) is 0 Å². The Morgan fingerprint density at radius 2 is 1.35 bits per heavy atom. The summed E-state index contributed by atoms with van der Waals surface area (Å²) in [6.07, 6.45) is 10.3. The Labute approximate surface area is 144 Å². The van der Waals surface area contributed by atoms with E-state index in [2.05, 4.69) is 60.7 Å². The quantitative estimate of drug-likeness (QED) is 0.417. The minimum absolute atomic E-state index is 0.587. The van der Waals surface area contributed by atoms with Crippen LogP contribution in [0.3, 0.4) is 0 Å². The first-order chi connectivity index (χ1) is 11.4. The van der Waals surface area contributed by atoms with Gasteiger partial charge in [0, 0.05) is 0 Å². The van der Waals surface area contributed by atoms with Crippen molar-refractivity contribution >= 4 is 9.52 Å². The molecule has 0 saturated heterocycles. The van der Waals surface area contributed by atoms with Crippen LogP contribution < -0.4 is 0 Å². The molecule has 2 radical (unpaired) electrons. The van der Waals surface area contributed by atoms with Crippen LogP contribution in [0.25, 0.3) is 0 Å². The number of hydrogen-bond donors (Lipinski definition) is 0. The Kier molecular flexibility index (Phi) is 6.52. The van der Waals surface area contributed by atoms with Gasteiger partial charge in [-0.05, 0) is 22.6 Å². The zero-order valence-electron chi connectivity index (χ0n) is 14.1. The first-order valence-corrected chi connectivity index (χ1v) is 10.6. The van der Waals surface area contributed by atoms with Crippen molar-refractivity contribution in [3.63, 3.8) is 0 Å². The fourth-order valence-corrected chi connectivity index (χ4v) is 5.39. The standard InChI is InChI=1S/C22H28Si/c1-4-11-19(12-5-1)13-10-18-23-22(20-14-6-2-7-15-20)21-16-8-3-9-17-21/h2-3,6-9,14-17,19,22H,1,4-5,10-13,18H2. The van der Waals surface area contributed by atoms with E-state index in [0.29, 0.717) is 5.54 Å². The molecule has 0 spiro atoms. The third-order valence-corrected chi connectivity index (χ3v) is 6.85. The third-order valence-electron chi connectivity index (χ3n) is 5.13. The van der Waals surface area contributed by atoms with E-state index < -0.39 is 0 Å². The van der Waals surface area contributed by atoms with Crippen LogP contribution in [0.2, 0.25) is 6.04 Å². The second-order valence-electron chi connectivity index (χ2n) is 6.85. The van der Waals surface area contributed by atoms with Crippen LogP contribution >= 0.6 is 0 Å². The van der Waals surface area contributed by atoms with Crippen molar-refractivity contribution in [2.45, 2.75) is 56.5 Å². The van der Waals surface area contributed by atoms with Crippen LogP contribution in [0.4, 0.5) is 0 Å². The highest BCUT2D eigenvalue weighted by Crippen LogP contribution is 2.29. The monoisotopic (exact) mass is 320 g/mol. The van der Waals surface area contributed by atoms with Crippen molar-refractivity contribution in [2.24, 2.45) is 5.92 Å². The lowest BCUT2D eigenvalue weighted by atomic mass is 9.86. The Balaban J connectivity index is 1.56. The maximum Gasteiger partial charge on any atom is 0.0534 e. The van der Waals surface area contributed by atoms with E-state index >= 15 is 0 Å². The summed E-state index contributed by atoms with van der Waals surface area (Å²) in [6.45, 7) is 0. The highest BCUT2D eigenvalue weighted by atomic mass is 28.2. The first-order valence-electron chi connectivity index (χ1n) is 9.27. The zero-order valence-corrected chi connectivity index (χ0v) is 15.1. The SMILES string of the molecule is c1ccc(C([Si]CCCC2CCCCC2)c2ccccc2)cc1. The fourth-order valence-electron chi connectivity index (χ4n) is 3.83. The molecule has 0 N–H and O–H groups in total. The summed E-state index contributed by atoms with van der Waals surface area (Å²) in [5.41, 5.74) is 3.55. The summed E-state index contributed by atoms with van der Waals surface area (Å²) in [4.78, 5) is 0. The van der Waals surface area contributed by atoms with Crippen LogP contribution in [0.15, 0.2) is 60.7 Å². The van der Waals surface area contributed by atoms with Gasteiger partial charge in [-0.3, -0.25) is 0 Å². The number of hydrogen-bond acceptors (Lipinski definition) is 0. The lowest BCUT2D eigenvalue weighted by molar-refractivity contribution is 0.336. The highest BCUT2D eigenvalue weighted by molar-refractivity contribution is 6.39. The fraction of sp³-hybridized carbons (Fsp3) is 0.455. The molecule has 2 aromatic carbocycles. The van der Waals surface area contributed by atoms with Gasteiger partial charge in [-0.1, -0.05) is 112 Å². The molecule has 1 fully saturated rings. The van der Waals surface area contributed by atoms with E-state index in [1.807, 2.05) is 0 Å². The van der Waals surface area contributed by atoms with Crippen LogP contribution in [0, 0.1) is 5.92 Å². The molecule has 0 nitrogen and oxygen atoms in total. The van der Waals surface area contributed by atoms with Crippen LogP contribution in [-0.4, -0.2) is 9.52 Å². The second kappa shape index (κ2) is 9.07. The maximum absolute atomic E-state index is 2.30. The van der Waals surface area contributed by atoms with Crippen LogP contribution in [0.1, 0.15) is 61.6 Å². The Hall–Kier alpha value is -1.34. The van der Waals surface area contributed by atoms with Crippen molar-refractivity contribution in [3.05, 3.63) is 71.8 Å². The van der Waals surface area contributed by atoms with Gasteiger partial charge in [0.15, 0.2) is 0 Å². The molecule has 0 unspecified atom stereocenters. The molecule has 120 valence electrons. The Morgan fingerprint density at radius 3 is 1.91 bits per heavy atom. The minimum Gasteiger partial charge on any atom is -0.0622 e. The van der Waals surface area contributed by atoms with Gasteiger partial charge >= 0.3 is 0 Å². The van der Waals surface area contributed by atoms with E-state index in [4.69, 9.17) is 0 Å². The molecule has 1 saturated carbocycles. The van der Waals surface area contributed by atoms with Gasteiger partial charge in [0.25, 0.3) is 0 Å². The van der Waals surface area contributed by atoms with Crippen molar-refractivity contribution in [1.82, 2.24) is 0 Å². The normalized spacial score (nSPS) is 15.9. The topological polar surface area (TPSA) is 0 Å². The van der Waals surface area contributed by atoms with Crippen molar-refractivity contribution in [1.29, 1.82) is 0 Å². The van der Waals surface area contributed by atoms with E-state index in [9.17, 15) is 0 Å². The maximum atomic E-state index is 2.30. The van der Waals surface area contributed by atoms with Crippen molar-refractivity contribution in [2.75, 3.05) is 0 Å². The average Bonchev–Trinajstić information content (AvgIpc) is 2.64. The molecule has 0 amide bonds. The zero-order chi connectivity index (χ0) is 15.7. The van der Waals surface area contributed by atoms with Crippen molar-refractivity contribution in [3.8, 4) is 0 Å². The van der Waals surface area contributed by atoms with Crippen LogP contribution in [-0.2, 0) is 0 Å². The second-order valence-corrected chi connectivity index (χ2v) is 8.34. The van der Waals surface area contributed by atoms with Gasteiger partial charge < -0.3 is 0 Å². The largest absolute Gasteiger partial charge is 0.0622 e. The summed E-state index contributed by atoms with van der Waals surface area (Å²) in [5.74, 6) is 1.03. The molecule has 0 bridgehead atoms. The molecule has 1 aliphatic carbocycles. The van der Waals surface area contributed by atoms with E-state index in [-0.39, 0.29) is 0 Å². The molecular weight excluding hydrogens is 292 g/mol. The first kappa shape index (κ1) is 16.5. The lowest BCUT2D eigenvalue weighted by Crippen LogP contribution is -2.11. The molecule has 2 aromatic rings. The Morgan fingerprint density at radius 1 is 0.783 bits per heavy atom. The molecule has 3 rings (SSSR count). The molecule has 23 heavy (non-hydrogen) atoms. The highest BCUT2D eigenvalue weighted by Gasteiger charge is 2.16. The van der Waals surface area contributed by atoms with Gasteiger partial charge in [-0.15, -0.1) is 0 Å². The summed E-state index contributed by atoms with van der Waals surface area (Å²) in [5, 5.41) is 0. The van der Waals surface area contributed by atoms with Crippen molar-refractivity contribution < 1.29 is 0 Å². The molecule has 0 atom stereocenters. The lowest BCUT2D eigenvalue weighted by Gasteiger charge is -2.22. The molecule has 0 aliphatic heterocycles. The van der Waals surface area contributed by atoms with Gasteiger partial charge in [-0.25, -0.2) is 0 Å². The summed E-state index contributed by atoms with van der Waals surface area (Å²) >= 11 is 0. The van der Waals surface area contributed by atoms with E-state index in [1.54, 1.807) is 0 Å². The average molecular weight is 321 g/mol. The summed E-state index contributed by atoms with van der Waals surface area (Å²) in [7, 11) is 0.999. The van der Waals surface area contributed by atoms with E-state index in [0.717, 1.165) is 15.4 Å². The van der Waals surface area contributed by atoms with Gasteiger partial charge in [0.1, 0.15) is 0 Å². The predicted molar refractivity (Wildman–Crippen MR) is 101 cm³/mol. The minimum atomic E-state index is 0.587. The molecule has 0 aromatic heterocycles. The number of rotatable bonds is 7. The third kappa shape index (κ3) is 5.07. The summed E-state index contributed by atoms with van der Waals surface area (Å²) < 4.78 is 0. The summed E-state index contributed by atoms with van der Waals surface area (Å²) in [6, 6.07) is 23.5. The van der Waals surface area contributed by atoms with E-state index in [1.165, 1.54) is 62.1 Å². The van der Waals surface area contributed by atoms with Crippen LogP contribution in [0.5, 0.6) is 0 Å². The predicted octanol–water partition coefficient (Wildman–Crippen LogP) is 6.26. The Bertz CT molecular complexity index is 503. The smallest absolute Gasteiger partial charge is 0.0534 e. The molecule has 1 aliphatic rings.